The number of nitrogens with zero attached hydrogens (tertiary/aromatic N) is 5. The Bertz CT molecular complexity index is 1560. The summed E-state index contributed by atoms with van der Waals surface area (Å²) < 4.78 is 0. The number of pyridine rings is 3. The van der Waals surface area contributed by atoms with E-state index in [0.717, 1.165) is 50.0 Å². The van der Waals surface area contributed by atoms with E-state index >= 15 is 0 Å². The summed E-state index contributed by atoms with van der Waals surface area (Å²) in [4.78, 5) is 31.0. The molecule has 0 spiro atoms. The van der Waals surface area contributed by atoms with Crippen LogP contribution in [0, 0.1) is 20.8 Å². The third-order valence-electron chi connectivity index (χ3n) is 8.70. The van der Waals surface area contributed by atoms with E-state index < -0.39 is 0 Å². The van der Waals surface area contributed by atoms with Gasteiger partial charge in [-0.2, -0.15) is 0 Å². The van der Waals surface area contributed by atoms with Crippen LogP contribution in [0.4, 0.5) is 11.4 Å². The summed E-state index contributed by atoms with van der Waals surface area (Å²) in [5, 5.41) is 3.99. The standard InChI is InChI=1S/C35H40Cl2N6O/c1-23-11-15-38-21-28(23)20-27-7-5-6-8-31(27)43(30-9-10-32(36)40-22-30)29-13-17-42(18-14-29)25(3)12-16-39-35(44)34-24(2)19-33(37)41-26(34)4/h5-11,15,19,21-22,25,29H,12-14,16-18,20H2,1-4H3,(H,39,44)/t25-/m1/s1. The maximum Gasteiger partial charge on any atom is 0.253 e. The van der Waals surface area contributed by atoms with Crippen LogP contribution < -0.4 is 10.2 Å². The minimum Gasteiger partial charge on any atom is -0.352 e. The number of carbonyl (C=O) groups excluding carboxylic acids is 1. The summed E-state index contributed by atoms with van der Waals surface area (Å²) in [5.74, 6) is -0.0950. The molecule has 4 heterocycles. The van der Waals surface area contributed by atoms with Gasteiger partial charge in [0.1, 0.15) is 10.3 Å². The van der Waals surface area contributed by atoms with Gasteiger partial charge >= 0.3 is 0 Å². The van der Waals surface area contributed by atoms with Gasteiger partial charge in [-0.1, -0.05) is 41.4 Å². The Balaban J connectivity index is 1.26. The first-order chi connectivity index (χ1) is 21.2. The number of benzene rings is 1. The molecule has 1 amide bonds. The molecular weight excluding hydrogens is 591 g/mol. The lowest BCUT2D eigenvalue weighted by Gasteiger charge is -2.42. The Morgan fingerprint density at radius 1 is 1.00 bits per heavy atom. The first kappa shape index (κ1) is 31.9. The molecule has 9 heteroatoms. The molecule has 7 nitrogen and oxygen atoms in total. The molecule has 1 aromatic carbocycles. The van der Waals surface area contributed by atoms with E-state index in [9.17, 15) is 4.79 Å². The fourth-order valence-electron chi connectivity index (χ4n) is 6.22. The Hall–Kier alpha value is -3.52. The van der Waals surface area contributed by atoms with Crippen LogP contribution in [0.15, 0.2) is 67.1 Å². The average Bonchev–Trinajstić information content (AvgIpc) is 3.00. The predicted octanol–water partition coefficient (Wildman–Crippen LogP) is 7.51. The largest absolute Gasteiger partial charge is 0.352 e. The van der Waals surface area contributed by atoms with Crippen LogP contribution in [0.1, 0.15) is 64.5 Å². The van der Waals surface area contributed by atoms with Crippen LogP contribution in [0.3, 0.4) is 0 Å². The lowest BCUT2D eigenvalue weighted by Crippen LogP contribution is -2.47. The number of amides is 1. The summed E-state index contributed by atoms with van der Waals surface area (Å²) in [6.07, 6.45) is 9.39. The number of hydrogen-bond acceptors (Lipinski definition) is 6. The van der Waals surface area contributed by atoms with Gasteiger partial charge in [-0.25, -0.2) is 9.97 Å². The van der Waals surface area contributed by atoms with Gasteiger partial charge in [0.25, 0.3) is 5.91 Å². The van der Waals surface area contributed by atoms with Crippen molar-refractivity contribution in [1.82, 2.24) is 25.2 Å². The summed E-state index contributed by atoms with van der Waals surface area (Å²) >= 11 is 12.2. The Morgan fingerprint density at radius 3 is 2.48 bits per heavy atom. The highest BCUT2D eigenvalue weighted by Gasteiger charge is 2.29. The van der Waals surface area contributed by atoms with Crippen molar-refractivity contribution in [2.24, 2.45) is 0 Å². The molecule has 1 saturated heterocycles. The van der Waals surface area contributed by atoms with Crippen molar-refractivity contribution in [3.05, 3.63) is 111 Å². The summed E-state index contributed by atoms with van der Waals surface area (Å²) in [6, 6.07) is 17.0. The van der Waals surface area contributed by atoms with Gasteiger partial charge in [-0.15, -0.1) is 0 Å². The Morgan fingerprint density at radius 2 is 1.77 bits per heavy atom. The number of hydrogen-bond donors (Lipinski definition) is 1. The van der Waals surface area contributed by atoms with Gasteiger partial charge < -0.3 is 15.1 Å². The van der Waals surface area contributed by atoms with Gasteiger partial charge in [0.05, 0.1) is 23.1 Å². The second-order valence-corrected chi connectivity index (χ2v) is 12.5. The molecule has 1 aliphatic rings. The SMILES string of the molecule is Cc1ccncc1Cc1ccccc1N(c1ccc(Cl)nc1)C1CCN([C@H](C)CCNC(=O)c2c(C)cc(Cl)nc2C)CC1. The molecule has 0 unspecified atom stereocenters. The van der Waals surface area contributed by atoms with Gasteiger partial charge in [0, 0.05) is 56.2 Å². The number of para-hydroxylation sites is 1. The molecule has 3 aromatic heterocycles. The Labute approximate surface area is 270 Å². The number of likely N-dealkylation sites (tertiary alicyclic amines) is 1. The first-order valence-electron chi connectivity index (χ1n) is 15.3. The second kappa shape index (κ2) is 14.5. The van der Waals surface area contributed by atoms with Crippen LogP contribution in [-0.2, 0) is 6.42 Å². The first-order valence-corrected chi connectivity index (χ1v) is 16.0. The third-order valence-corrected chi connectivity index (χ3v) is 9.12. The average molecular weight is 632 g/mol. The number of carbonyl (C=O) groups is 1. The fraction of sp³-hybridized carbons (Fsp3) is 0.371. The van der Waals surface area contributed by atoms with Gasteiger partial charge in [0.15, 0.2) is 0 Å². The minimum atomic E-state index is -0.0950. The van der Waals surface area contributed by atoms with Crippen molar-refractivity contribution in [2.45, 2.75) is 65.5 Å². The maximum atomic E-state index is 12.9. The number of aromatic nitrogens is 3. The molecule has 1 fully saturated rings. The summed E-state index contributed by atoms with van der Waals surface area (Å²) in [7, 11) is 0. The summed E-state index contributed by atoms with van der Waals surface area (Å²) in [6.45, 7) is 10.7. The highest BCUT2D eigenvalue weighted by molar-refractivity contribution is 6.29. The van der Waals surface area contributed by atoms with Crippen molar-refractivity contribution >= 4 is 40.5 Å². The quantitative estimate of drug-likeness (QED) is 0.183. The number of nitrogens with one attached hydrogen (secondary N) is 1. The van der Waals surface area contributed by atoms with Crippen LogP contribution in [0.25, 0.3) is 0 Å². The normalized spacial score (nSPS) is 14.8. The van der Waals surface area contributed by atoms with Crippen molar-refractivity contribution in [3.8, 4) is 0 Å². The van der Waals surface area contributed by atoms with E-state index in [2.05, 4.69) is 80.3 Å². The number of aryl methyl sites for hydroxylation is 3. The van der Waals surface area contributed by atoms with E-state index in [4.69, 9.17) is 23.2 Å². The minimum absolute atomic E-state index is 0.0950. The topological polar surface area (TPSA) is 74.2 Å². The molecule has 1 aliphatic heterocycles. The van der Waals surface area contributed by atoms with Crippen molar-refractivity contribution < 1.29 is 4.79 Å². The molecule has 1 atom stereocenters. The van der Waals surface area contributed by atoms with Gasteiger partial charge in [-0.05, 0) is 99.5 Å². The molecule has 0 aliphatic carbocycles. The zero-order valence-electron chi connectivity index (χ0n) is 25.9. The molecule has 4 aromatic rings. The molecule has 0 saturated carbocycles. The van der Waals surface area contributed by atoms with Gasteiger partial charge in [0.2, 0.25) is 0 Å². The van der Waals surface area contributed by atoms with E-state index in [1.807, 2.05) is 38.5 Å². The zero-order chi connectivity index (χ0) is 31.2. The van der Waals surface area contributed by atoms with Crippen LogP contribution in [0.5, 0.6) is 0 Å². The molecule has 44 heavy (non-hydrogen) atoms. The van der Waals surface area contributed by atoms with Crippen molar-refractivity contribution in [1.29, 1.82) is 0 Å². The molecular formula is C35H40Cl2N6O. The third kappa shape index (κ3) is 7.57. The van der Waals surface area contributed by atoms with E-state index in [1.54, 1.807) is 6.07 Å². The van der Waals surface area contributed by atoms with Gasteiger partial charge in [-0.3, -0.25) is 9.78 Å². The van der Waals surface area contributed by atoms with Crippen molar-refractivity contribution in [3.63, 3.8) is 0 Å². The number of anilines is 2. The van der Waals surface area contributed by atoms with Crippen LogP contribution >= 0.6 is 23.2 Å². The molecule has 1 N–H and O–H groups in total. The van der Waals surface area contributed by atoms with E-state index in [1.165, 1.54) is 22.4 Å². The number of piperidine rings is 1. The predicted molar refractivity (Wildman–Crippen MR) is 179 cm³/mol. The van der Waals surface area contributed by atoms with Crippen LogP contribution in [-0.4, -0.2) is 57.5 Å². The summed E-state index contributed by atoms with van der Waals surface area (Å²) in [5.41, 5.74) is 8.06. The lowest BCUT2D eigenvalue weighted by molar-refractivity contribution is 0.0943. The second-order valence-electron chi connectivity index (χ2n) is 11.7. The smallest absolute Gasteiger partial charge is 0.253 e. The highest BCUT2D eigenvalue weighted by Crippen LogP contribution is 2.36. The monoisotopic (exact) mass is 630 g/mol. The van der Waals surface area contributed by atoms with E-state index in [0.29, 0.717) is 40.2 Å². The Kier molecular flexibility index (Phi) is 10.5. The van der Waals surface area contributed by atoms with Crippen LogP contribution in [0.2, 0.25) is 10.3 Å². The molecule has 5 rings (SSSR count). The number of rotatable bonds is 10. The lowest BCUT2D eigenvalue weighted by atomic mass is 9.96. The fourth-order valence-corrected chi connectivity index (χ4v) is 6.62. The zero-order valence-corrected chi connectivity index (χ0v) is 27.4. The highest BCUT2D eigenvalue weighted by atomic mass is 35.5. The number of halogens is 2. The molecule has 0 bridgehead atoms. The molecule has 230 valence electrons. The molecule has 0 radical (unpaired) electrons. The van der Waals surface area contributed by atoms with E-state index in [-0.39, 0.29) is 5.91 Å². The van der Waals surface area contributed by atoms with Crippen molar-refractivity contribution in [2.75, 3.05) is 24.5 Å². The maximum absolute atomic E-state index is 12.9.